The number of phenols is 1. The van der Waals surface area contributed by atoms with E-state index in [1.165, 1.54) is 5.56 Å². The molecule has 1 aromatic rings. The second-order valence-electron chi connectivity index (χ2n) is 4.64. The van der Waals surface area contributed by atoms with Crippen molar-refractivity contribution in [2.45, 2.75) is 52.7 Å². The summed E-state index contributed by atoms with van der Waals surface area (Å²) in [6.45, 7) is 8.25. The summed E-state index contributed by atoms with van der Waals surface area (Å²) >= 11 is 2.18. The van der Waals surface area contributed by atoms with E-state index in [0.29, 0.717) is 5.75 Å². The molecule has 0 aliphatic carbocycles. The zero-order valence-corrected chi connectivity index (χ0v) is 13.1. The molecule has 0 heterocycles. The summed E-state index contributed by atoms with van der Waals surface area (Å²) in [4.78, 5) is 0. The fourth-order valence-electron chi connectivity index (χ4n) is 1.95. The third kappa shape index (κ3) is 4.47. The number of halogens is 1. The van der Waals surface area contributed by atoms with Gasteiger partial charge in [-0.15, -0.1) is 0 Å². The SMILES string of the molecule is CCc1cc(CC(C)OC(C)C)cc(I)c1O. The van der Waals surface area contributed by atoms with E-state index in [0.717, 1.165) is 22.0 Å². The maximum atomic E-state index is 9.86. The quantitative estimate of drug-likeness (QED) is 0.818. The van der Waals surface area contributed by atoms with E-state index in [2.05, 4.69) is 56.4 Å². The summed E-state index contributed by atoms with van der Waals surface area (Å²) in [6.07, 6.45) is 2.21. The van der Waals surface area contributed by atoms with Crippen LogP contribution in [0.1, 0.15) is 38.8 Å². The molecular formula is C14H21IO2. The maximum absolute atomic E-state index is 9.86. The van der Waals surface area contributed by atoms with Gasteiger partial charge >= 0.3 is 0 Å². The molecular weight excluding hydrogens is 327 g/mol. The van der Waals surface area contributed by atoms with E-state index >= 15 is 0 Å². The summed E-state index contributed by atoms with van der Waals surface area (Å²) in [5.74, 6) is 0.425. The third-order valence-electron chi connectivity index (χ3n) is 2.61. The topological polar surface area (TPSA) is 29.5 Å². The lowest BCUT2D eigenvalue weighted by Gasteiger charge is -2.17. The summed E-state index contributed by atoms with van der Waals surface area (Å²) in [5, 5.41) is 9.86. The highest BCUT2D eigenvalue weighted by atomic mass is 127. The molecule has 0 aliphatic heterocycles. The molecule has 1 rings (SSSR count). The Bertz CT molecular complexity index is 375. The predicted molar refractivity (Wildman–Crippen MR) is 79.6 cm³/mol. The molecule has 0 fully saturated rings. The van der Waals surface area contributed by atoms with Crippen LogP contribution < -0.4 is 0 Å². The van der Waals surface area contributed by atoms with Crippen molar-refractivity contribution in [3.63, 3.8) is 0 Å². The van der Waals surface area contributed by atoms with E-state index in [9.17, 15) is 5.11 Å². The Morgan fingerprint density at radius 1 is 1.29 bits per heavy atom. The van der Waals surface area contributed by atoms with Crippen LogP contribution in [0.15, 0.2) is 12.1 Å². The zero-order chi connectivity index (χ0) is 13.0. The Morgan fingerprint density at radius 3 is 2.47 bits per heavy atom. The number of phenolic OH excluding ortho intramolecular Hbond substituents is 1. The van der Waals surface area contributed by atoms with Crippen molar-refractivity contribution in [3.05, 3.63) is 26.8 Å². The van der Waals surface area contributed by atoms with Gasteiger partial charge in [0.2, 0.25) is 0 Å². The van der Waals surface area contributed by atoms with Gasteiger partial charge in [-0.3, -0.25) is 0 Å². The van der Waals surface area contributed by atoms with Crippen LogP contribution >= 0.6 is 22.6 Å². The summed E-state index contributed by atoms with van der Waals surface area (Å²) in [6, 6.07) is 4.12. The van der Waals surface area contributed by atoms with Crippen LogP contribution in [-0.2, 0) is 17.6 Å². The lowest BCUT2D eigenvalue weighted by molar-refractivity contribution is 0.0194. The minimum Gasteiger partial charge on any atom is -0.507 e. The van der Waals surface area contributed by atoms with Crippen molar-refractivity contribution in [3.8, 4) is 5.75 Å². The normalized spacial score (nSPS) is 13.1. The maximum Gasteiger partial charge on any atom is 0.132 e. The van der Waals surface area contributed by atoms with Crippen LogP contribution in [0.4, 0.5) is 0 Å². The smallest absolute Gasteiger partial charge is 0.132 e. The average molecular weight is 348 g/mol. The first-order valence-electron chi connectivity index (χ1n) is 6.09. The van der Waals surface area contributed by atoms with Crippen LogP contribution in [0.5, 0.6) is 5.75 Å². The van der Waals surface area contributed by atoms with Crippen LogP contribution in [0, 0.1) is 3.57 Å². The van der Waals surface area contributed by atoms with E-state index in [-0.39, 0.29) is 12.2 Å². The molecule has 0 saturated heterocycles. The largest absolute Gasteiger partial charge is 0.507 e. The van der Waals surface area contributed by atoms with E-state index in [4.69, 9.17) is 4.74 Å². The van der Waals surface area contributed by atoms with E-state index in [1.54, 1.807) is 0 Å². The lowest BCUT2D eigenvalue weighted by atomic mass is 10.0. The molecule has 17 heavy (non-hydrogen) atoms. The first kappa shape index (κ1) is 14.8. The Labute approximate surface area is 118 Å². The number of ether oxygens (including phenoxy) is 1. The van der Waals surface area contributed by atoms with Crippen LogP contribution in [0.25, 0.3) is 0 Å². The van der Waals surface area contributed by atoms with Crippen LogP contribution in [0.3, 0.4) is 0 Å². The molecule has 0 bridgehead atoms. The van der Waals surface area contributed by atoms with Gasteiger partial charge in [-0.05, 0) is 73.4 Å². The molecule has 2 nitrogen and oxygen atoms in total. The molecule has 1 atom stereocenters. The summed E-state index contributed by atoms with van der Waals surface area (Å²) in [5.41, 5.74) is 2.25. The first-order valence-corrected chi connectivity index (χ1v) is 7.17. The summed E-state index contributed by atoms with van der Waals surface area (Å²) < 4.78 is 6.66. The van der Waals surface area contributed by atoms with Crippen molar-refractivity contribution in [1.82, 2.24) is 0 Å². The van der Waals surface area contributed by atoms with Gasteiger partial charge in [0.05, 0.1) is 15.8 Å². The molecule has 96 valence electrons. The van der Waals surface area contributed by atoms with E-state index < -0.39 is 0 Å². The second kappa shape index (κ2) is 6.59. The molecule has 3 heteroatoms. The Balaban J connectivity index is 2.81. The molecule has 0 saturated carbocycles. The molecule has 1 aromatic carbocycles. The molecule has 1 unspecified atom stereocenters. The van der Waals surface area contributed by atoms with Gasteiger partial charge in [0.1, 0.15) is 5.75 Å². The molecule has 1 N–H and O–H groups in total. The van der Waals surface area contributed by atoms with Gasteiger partial charge in [-0.25, -0.2) is 0 Å². The fourth-order valence-corrected chi connectivity index (χ4v) is 2.70. The highest BCUT2D eigenvalue weighted by Gasteiger charge is 2.10. The number of hydrogen-bond donors (Lipinski definition) is 1. The number of benzene rings is 1. The van der Waals surface area contributed by atoms with Gasteiger partial charge in [0.15, 0.2) is 0 Å². The highest BCUT2D eigenvalue weighted by molar-refractivity contribution is 14.1. The monoisotopic (exact) mass is 348 g/mol. The van der Waals surface area contributed by atoms with Crippen LogP contribution in [0.2, 0.25) is 0 Å². The Morgan fingerprint density at radius 2 is 1.94 bits per heavy atom. The number of aromatic hydroxyl groups is 1. The number of rotatable bonds is 5. The lowest BCUT2D eigenvalue weighted by Crippen LogP contribution is -2.16. The number of hydrogen-bond acceptors (Lipinski definition) is 2. The molecule has 0 aliphatic rings. The summed E-state index contributed by atoms with van der Waals surface area (Å²) in [7, 11) is 0. The first-order chi connectivity index (χ1) is 7.93. The predicted octanol–water partition coefficient (Wildman–Crippen LogP) is 3.92. The third-order valence-corrected chi connectivity index (χ3v) is 3.43. The van der Waals surface area contributed by atoms with Gasteiger partial charge in [-0.2, -0.15) is 0 Å². The zero-order valence-electron chi connectivity index (χ0n) is 11.0. The molecule has 0 spiro atoms. The van der Waals surface area contributed by atoms with Crippen molar-refractivity contribution in [2.75, 3.05) is 0 Å². The van der Waals surface area contributed by atoms with Gasteiger partial charge < -0.3 is 9.84 Å². The molecule has 0 amide bonds. The van der Waals surface area contributed by atoms with E-state index in [1.807, 2.05) is 6.07 Å². The highest BCUT2D eigenvalue weighted by Crippen LogP contribution is 2.27. The van der Waals surface area contributed by atoms with Gasteiger partial charge in [0.25, 0.3) is 0 Å². The second-order valence-corrected chi connectivity index (χ2v) is 5.80. The van der Waals surface area contributed by atoms with Gasteiger partial charge in [-0.1, -0.05) is 13.0 Å². The number of aryl methyl sites for hydroxylation is 1. The Kier molecular flexibility index (Phi) is 5.73. The van der Waals surface area contributed by atoms with Crippen molar-refractivity contribution in [1.29, 1.82) is 0 Å². The minimum absolute atomic E-state index is 0.208. The average Bonchev–Trinajstić information content (AvgIpc) is 2.21. The van der Waals surface area contributed by atoms with Crippen molar-refractivity contribution in [2.24, 2.45) is 0 Å². The molecule has 0 radical (unpaired) electrons. The van der Waals surface area contributed by atoms with Crippen molar-refractivity contribution >= 4 is 22.6 Å². The van der Waals surface area contributed by atoms with Crippen molar-refractivity contribution < 1.29 is 9.84 Å². The van der Waals surface area contributed by atoms with Gasteiger partial charge in [0, 0.05) is 0 Å². The van der Waals surface area contributed by atoms with Crippen LogP contribution in [-0.4, -0.2) is 17.3 Å². The molecule has 0 aromatic heterocycles. The Hall–Kier alpha value is -0.290. The standard InChI is InChI=1S/C14H21IO2/c1-5-12-7-11(8-13(15)14(12)16)6-10(4)17-9(2)3/h7-10,16H,5-6H2,1-4H3. The minimum atomic E-state index is 0.208. The fraction of sp³-hybridized carbons (Fsp3) is 0.571.